The molecule has 0 saturated carbocycles. The molecule has 324 valence electrons. The van der Waals surface area contributed by atoms with Gasteiger partial charge in [-0.25, -0.2) is 0 Å². The van der Waals surface area contributed by atoms with Crippen LogP contribution >= 0.6 is 0 Å². The van der Waals surface area contributed by atoms with Gasteiger partial charge in [-0.15, -0.1) is 0 Å². The molecular formula is C51H61N7O4. The molecule has 0 aliphatic carbocycles. The van der Waals surface area contributed by atoms with Crippen LogP contribution in [0.2, 0.25) is 0 Å². The molecule has 3 saturated heterocycles. The summed E-state index contributed by atoms with van der Waals surface area (Å²) in [6.07, 6.45) is 5.34. The Morgan fingerprint density at radius 1 is 0.645 bits per heavy atom. The summed E-state index contributed by atoms with van der Waals surface area (Å²) in [6, 6.07) is 36.5. The number of benzene rings is 5. The topological polar surface area (TPSA) is 139 Å². The number of amides is 2. The van der Waals surface area contributed by atoms with Gasteiger partial charge in [0.25, 0.3) is 0 Å². The van der Waals surface area contributed by atoms with Crippen LogP contribution in [0.25, 0.3) is 0 Å². The predicted octanol–water partition coefficient (Wildman–Crippen LogP) is 9.39. The molecule has 2 amide bonds. The van der Waals surface area contributed by atoms with Gasteiger partial charge >= 0.3 is 0 Å². The number of phenols is 1. The van der Waals surface area contributed by atoms with Crippen LogP contribution in [-0.2, 0) is 28.1 Å². The van der Waals surface area contributed by atoms with Gasteiger partial charge in [-0.3, -0.25) is 9.59 Å². The third-order valence-electron chi connectivity index (χ3n) is 12.6. The normalized spacial score (nSPS) is 19.9. The molecule has 3 heterocycles. The Kier molecular flexibility index (Phi) is 13.0. The first-order valence-corrected chi connectivity index (χ1v) is 22.2. The van der Waals surface area contributed by atoms with Crippen LogP contribution < -0.4 is 41.5 Å². The number of carbonyl (C=O) groups is 2. The van der Waals surface area contributed by atoms with E-state index in [1.807, 2.05) is 36.4 Å². The van der Waals surface area contributed by atoms with E-state index in [-0.39, 0.29) is 47.1 Å². The van der Waals surface area contributed by atoms with Crippen molar-refractivity contribution in [3.63, 3.8) is 0 Å². The summed E-state index contributed by atoms with van der Waals surface area (Å²) in [5.74, 6) is 0.979. The number of nitrogens with zero attached hydrogens (tertiary/aromatic N) is 1. The average Bonchev–Trinajstić information content (AvgIpc) is 4.10. The van der Waals surface area contributed by atoms with Crippen molar-refractivity contribution in [2.24, 2.45) is 0 Å². The quantitative estimate of drug-likeness (QED) is 0.0584. The molecule has 11 nitrogen and oxygen atoms in total. The van der Waals surface area contributed by atoms with Crippen molar-refractivity contribution in [3.05, 3.63) is 137 Å². The largest absolute Gasteiger partial charge is 0.508 e. The Morgan fingerprint density at radius 2 is 1.13 bits per heavy atom. The number of methoxy groups -OCH3 is 1. The molecule has 8 rings (SSSR count). The lowest BCUT2D eigenvalue weighted by Crippen LogP contribution is -2.35. The number of hydrogen-bond acceptors (Lipinski definition) is 9. The van der Waals surface area contributed by atoms with E-state index in [2.05, 4.69) is 118 Å². The Bertz CT molecular complexity index is 2310. The lowest BCUT2D eigenvalue weighted by Gasteiger charge is -2.34. The molecule has 0 spiro atoms. The molecule has 5 aromatic carbocycles. The van der Waals surface area contributed by atoms with Crippen molar-refractivity contribution in [2.75, 3.05) is 46.4 Å². The number of nitrogens with one attached hydrogen (secondary N) is 6. The van der Waals surface area contributed by atoms with Crippen LogP contribution in [0, 0.1) is 0 Å². The molecule has 62 heavy (non-hydrogen) atoms. The second kappa shape index (κ2) is 18.9. The Morgan fingerprint density at radius 3 is 1.56 bits per heavy atom. The molecule has 3 aliphatic rings. The van der Waals surface area contributed by atoms with E-state index >= 15 is 0 Å². The highest BCUT2D eigenvalue weighted by atomic mass is 16.5. The number of hydrogen-bond donors (Lipinski definition) is 7. The van der Waals surface area contributed by atoms with Crippen LogP contribution in [0.3, 0.4) is 0 Å². The van der Waals surface area contributed by atoms with Crippen molar-refractivity contribution < 1.29 is 19.4 Å². The van der Waals surface area contributed by atoms with E-state index in [4.69, 9.17) is 4.74 Å². The maximum absolute atomic E-state index is 13.7. The summed E-state index contributed by atoms with van der Waals surface area (Å²) < 4.78 is 5.37. The van der Waals surface area contributed by atoms with Crippen LogP contribution in [0.4, 0.5) is 28.4 Å². The zero-order chi connectivity index (χ0) is 43.2. The minimum atomic E-state index is -0.231. The zero-order valence-corrected chi connectivity index (χ0v) is 36.4. The molecule has 4 atom stereocenters. The molecule has 3 aliphatic heterocycles. The second-order valence-electron chi connectivity index (χ2n) is 17.9. The van der Waals surface area contributed by atoms with Gasteiger partial charge in [0.15, 0.2) is 0 Å². The third-order valence-corrected chi connectivity index (χ3v) is 12.6. The highest BCUT2D eigenvalue weighted by Gasteiger charge is 2.37. The lowest BCUT2D eigenvalue weighted by molar-refractivity contribution is -0.118. The van der Waals surface area contributed by atoms with Gasteiger partial charge in [-0.2, -0.15) is 0 Å². The predicted molar refractivity (Wildman–Crippen MR) is 250 cm³/mol. The van der Waals surface area contributed by atoms with E-state index in [1.165, 1.54) is 5.56 Å². The number of rotatable bonds is 14. The molecule has 3 fully saturated rings. The van der Waals surface area contributed by atoms with Gasteiger partial charge in [-0.1, -0.05) is 69.3 Å². The van der Waals surface area contributed by atoms with Crippen molar-refractivity contribution in [3.8, 4) is 11.5 Å². The highest BCUT2D eigenvalue weighted by Crippen LogP contribution is 2.49. The Hall–Kier alpha value is -6.04. The van der Waals surface area contributed by atoms with Gasteiger partial charge in [-0.05, 0) is 146 Å². The van der Waals surface area contributed by atoms with Crippen LogP contribution in [-0.4, -0.2) is 49.2 Å². The molecule has 4 unspecified atom stereocenters. The summed E-state index contributed by atoms with van der Waals surface area (Å²) in [6.45, 7) is 9.49. The summed E-state index contributed by atoms with van der Waals surface area (Å²) in [4.78, 5) is 29.8. The molecule has 0 bridgehead atoms. The molecular weight excluding hydrogens is 775 g/mol. The first-order chi connectivity index (χ1) is 30.0. The number of ether oxygens (including phenoxy) is 1. The van der Waals surface area contributed by atoms with Gasteiger partial charge in [0.05, 0.1) is 54.0 Å². The zero-order valence-electron chi connectivity index (χ0n) is 36.4. The monoisotopic (exact) mass is 835 g/mol. The fourth-order valence-electron chi connectivity index (χ4n) is 9.02. The molecule has 11 heteroatoms. The molecule has 0 radical (unpaired) electrons. The smallest absolute Gasteiger partial charge is 0.241 e. The van der Waals surface area contributed by atoms with E-state index in [9.17, 15) is 14.7 Å². The van der Waals surface area contributed by atoms with Crippen molar-refractivity contribution >= 4 is 40.3 Å². The minimum absolute atomic E-state index is 0.000460. The number of anilines is 5. The SMILES string of the molecule is COc1ccc(CNc2ccc(C3CCC(c4ccc(NCc5ccc(O)cc5)c(NC(=O)C5CCCN5)c4)N3c3ccc(C(C)(C)C)cc3)cc2NC(=O)C2CCCN2)cc1. The third kappa shape index (κ3) is 10.0. The van der Waals surface area contributed by atoms with Crippen LogP contribution in [0.5, 0.6) is 11.5 Å². The van der Waals surface area contributed by atoms with Crippen molar-refractivity contribution in [2.45, 2.75) is 102 Å². The maximum Gasteiger partial charge on any atom is 0.241 e. The van der Waals surface area contributed by atoms with Crippen molar-refractivity contribution in [1.82, 2.24) is 10.6 Å². The second-order valence-corrected chi connectivity index (χ2v) is 17.9. The molecule has 7 N–H and O–H groups in total. The summed E-state index contributed by atoms with van der Waals surface area (Å²) in [5.41, 5.74) is 9.91. The van der Waals surface area contributed by atoms with E-state index in [1.54, 1.807) is 19.2 Å². The van der Waals surface area contributed by atoms with Crippen molar-refractivity contribution in [1.29, 1.82) is 0 Å². The van der Waals surface area contributed by atoms with Crippen LogP contribution in [0.15, 0.2) is 109 Å². The Labute approximate surface area is 366 Å². The molecule has 0 aromatic heterocycles. The number of aromatic hydroxyl groups is 1. The first kappa shape index (κ1) is 42.6. The summed E-state index contributed by atoms with van der Waals surface area (Å²) >= 11 is 0. The Balaban J connectivity index is 1.14. The fraction of sp³-hybridized carbons (Fsp3) is 0.373. The number of phenolic OH excluding ortho intramolecular Hbond substituents is 1. The lowest BCUT2D eigenvalue weighted by atomic mass is 9.87. The minimum Gasteiger partial charge on any atom is -0.508 e. The van der Waals surface area contributed by atoms with Crippen LogP contribution in [0.1, 0.15) is 99.2 Å². The standard InChI is InChI=1S/C51H61N7O4/c1-51(2,3)37-15-17-38(18-16-37)58-47(35-13-23-41(54-31-33-9-19-39(59)20-10-33)45(29-35)56-49(60)43-7-5-27-52-43)25-26-48(58)36-14-24-42(55-32-34-11-21-40(62-4)22-12-34)46(30-36)57-50(61)44-8-6-28-53-44/h9-24,29-30,43-44,47-48,52-55,59H,5-8,25-28,31-32H2,1-4H3,(H,56,60)(H,57,61). The number of carbonyl (C=O) groups excluding carboxylic acids is 2. The van der Waals surface area contributed by atoms with Gasteiger partial charge in [0, 0.05) is 18.8 Å². The van der Waals surface area contributed by atoms with E-state index < -0.39 is 0 Å². The average molecular weight is 836 g/mol. The fourth-order valence-corrected chi connectivity index (χ4v) is 9.02. The van der Waals surface area contributed by atoms with E-state index in [0.29, 0.717) is 13.1 Å². The van der Waals surface area contributed by atoms with E-state index in [0.717, 1.165) is 108 Å². The van der Waals surface area contributed by atoms with Gasteiger partial charge < -0.3 is 46.6 Å². The summed E-state index contributed by atoms with van der Waals surface area (Å²) in [5, 5.41) is 30.3. The highest BCUT2D eigenvalue weighted by molar-refractivity contribution is 5.99. The first-order valence-electron chi connectivity index (χ1n) is 22.2. The van der Waals surface area contributed by atoms with Gasteiger partial charge in [0.2, 0.25) is 11.8 Å². The maximum atomic E-state index is 13.7. The van der Waals surface area contributed by atoms with Gasteiger partial charge in [0.1, 0.15) is 11.5 Å². The molecule has 5 aromatic rings. The summed E-state index contributed by atoms with van der Waals surface area (Å²) in [7, 11) is 1.67.